The van der Waals surface area contributed by atoms with Crippen molar-refractivity contribution in [3.8, 4) is 5.75 Å². The molecule has 1 N–H and O–H groups in total. The van der Waals surface area contributed by atoms with E-state index in [9.17, 15) is 9.90 Å². The van der Waals surface area contributed by atoms with Gasteiger partial charge in [-0.05, 0) is 49.7 Å². The number of aromatic nitrogens is 1. The van der Waals surface area contributed by atoms with Crippen molar-refractivity contribution in [3.05, 3.63) is 58.3 Å². The molecule has 0 bridgehead atoms. The maximum absolute atomic E-state index is 11.7. The molecule has 0 saturated carbocycles. The third kappa shape index (κ3) is 4.02. The van der Waals surface area contributed by atoms with Crippen molar-refractivity contribution in [2.75, 3.05) is 13.7 Å². The lowest BCUT2D eigenvalue weighted by Gasteiger charge is -2.32. The van der Waals surface area contributed by atoms with E-state index >= 15 is 0 Å². The number of aliphatic carboxylic acids is 1. The van der Waals surface area contributed by atoms with Crippen LogP contribution in [0.15, 0.2) is 47.1 Å². The predicted octanol–water partition coefficient (Wildman–Crippen LogP) is 3.69. The molecule has 2 unspecified atom stereocenters. The number of carboxylic acids is 1. The van der Waals surface area contributed by atoms with Crippen LogP contribution in [0.2, 0.25) is 0 Å². The Bertz CT molecular complexity index is 739. The Morgan fingerprint density at radius 3 is 2.96 bits per heavy atom. The number of rotatable bonds is 6. The summed E-state index contributed by atoms with van der Waals surface area (Å²) in [5.41, 5.74) is 1.92. The van der Waals surface area contributed by atoms with E-state index in [4.69, 9.17) is 4.74 Å². The molecule has 1 aromatic carbocycles. The maximum Gasteiger partial charge on any atom is 0.320 e. The number of pyridine rings is 1. The second-order valence-electron chi connectivity index (χ2n) is 6.16. The molecule has 1 aromatic heterocycles. The average Bonchev–Trinajstić information content (AvgIpc) is 3.10. The van der Waals surface area contributed by atoms with E-state index in [-0.39, 0.29) is 6.04 Å². The van der Waals surface area contributed by atoms with Gasteiger partial charge in [0.15, 0.2) is 0 Å². The van der Waals surface area contributed by atoms with Crippen LogP contribution in [-0.4, -0.2) is 40.7 Å². The second kappa shape index (κ2) is 7.97. The number of carboxylic acid groups (broad SMARTS) is 1. The third-order valence-corrected chi connectivity index (χ3v) is 5.15. The molecule has 25 heavy (non-hydrogen) atoms. The van der Waals surface area contributed by atoms with Crippen molar-refractivity contribution >= 4 is 21.9 Å². The molecule has 1 aliphatic rings. The lowest BCUT2D eigenvalue weighted by Crippen LogP contribution is -2.39. The van der Waals surface area contributed by atoms with Gasteiger partial charge in [0, 0.05) is 34.4 Å². The van der Waals surface area contributed by atoms with Gasteiger partial charge in [-0.25, -0.2) is 0 Å². The maximum atomic E-state index is 11.7. The van der Waals surface area contributed by atoms with Crippen LogP contribution in [0.3, 0.4) is 0 Å². The standard InChI is InChI=1S/C19H21BrN2O3/c1-25-18-8-7-13(20)11-15(18)17(12-14-5-2-3-9-21-14)22-10-4-6-16(22)19(23)24/h2-3,5,7-9,11,16-17H,4,6,10,12H2,1H3,(H,23,24). The van der Waals surface area contributed by atoms with Crippen LogP contribution in [0.1, 0.15) is 30.1 Å². The minimum absolute atomic E-state index is 0.106. The minimum Gasteiger partial charge on any atom is -0.496 e. The highest BCUT2D eigenvalue weighted by Crippen LogP contribution is 2.37. The summed E-state index contributed by atoms with van der Waals surface area (Å²) in [6.07, 6.45) is 3.96. The SMILES string of the molecule is COc1ccc(Br)cc1C(Cc1ccccn1)N1CCCC1C(=O)O. The molecule has 3 rings (SSSR count). The Balaban J connectivity index is 2.03. The number of benzene rings is 1. The first-order valence-electron chi connectivity index (χ1n) is 8.32. The van der Waals surface area contributed by atoms with E-state index in [0.29, 0.717) is 12.8 Å². The highest BCUT2D eigenvalue weighted by molar-refractivity contribution is 9.10. The predicted molar refractivity (Wildman–Crippen MR) is 98.7 cm³/mol. The normalized spacial score (nSPS) is 18.9. The van der Waals surface area contributed by atoms with Gasteiger partial charge in [-0.3, -0.25) is 14.7 Å². The Labute approximate surface area is 155 Å². The van der Waals surface area contributed by atoms with Crippen LogP contribution in [0.5, 0.6) is 5.75 Å². The van der Waals surface area contributed by atoms with Crippen LogP contribution in [-0.2, 0) is 11.2 Å². The van der Waals surface area contributed by atoms with E-state index in [1.54, 1.807) is 13.3 Å². The zero-order valence-electron chi connectivity index (χ0n) is 14.1. The van der Waals surface area contributed by atoms with Gasteiger partial charge in [0.1, 0.15) is 11.8 Å². The first-order valence-corrected chi connectivity index (χ1v) is 9.11. The molecule has 1 aliphatic heterocycles. The van der Waals surface area contributed by atoms with E-state index in [0.717, 1.165) is 34.4 Å². The number of hydrogen-bond donors (Lipinski definition) is 1. The summed E-state index contributed by atoms with van der Waals surface area (Å²) in [7, 11) is 1.64. The number of likely N-dealkylation sites (tertiary alicyclic amines) is 1. The van der Waals surface area contributed by atoms with Crippen LogP contribution in [0, 0.1) is 0 Å². The number of methoxy groups -OCH3 is 1. The smallest absolute Gasteiger partial charge is 0.320 e. The zero-order chi connectivity index (χ0) is 17.8. The molecule has 0 aliphatic carbocycles. The number of nitrogens with zero attached hydrogens (tertiary/aromatic N) is 2. The molecule has 0 amide bonds. The van der Waals surface area contributed by atoms with Crippen LogP contribution in [0.4, 0.5) is 0 Å². The summed E-state index contributed by atoms with van der Waals surface area (Å²) in [6.45, 7) is 0.754. The first-order chi connectivity index (χ1) is 12.1. The van der Waals surface area contributed by atoms with Crippen molar-refractivity contribution in [2.24, 2.45) is 0 Å². The van der Waals surface area contributed by atoms with Gasteiger partial charge in [-0.2, -0.15) is 0 Å². The second-order valence-corrected chi connectivity index (χ2v) is 7.08. The highest BCUT2D eigenvalue weighted by atomic mass is 79.9. The van der Waals surface area contributed by atoms with Crippen molar-refractivity contribution in [1.29, 1.82) is 0 Å². The van der Waals surface area contributed by atoms with Crippen molar-refractivity contribution in [2.45, 2.75) is 31.3 Å². The monoisotopic (exact) mass is 404 g/mol. The van der Waals surface area contributed by atoms with Gasteiger partial charge < -0.3 is 9.84 Å². The van der Waals surface area contributed by atoms with E-state index in [1.807, 2.05) is 36.4 Å². The Kier molecular flexibility index (Phi) is 5.71. The highest BCUT2D eigenvalue weighted by Gasteiger charge is 2.37. The summed E-state index contributed by atoms with van der Waals surface area (Å²) in [5.74, 6) is -0.00217. The van der Waals surface area contributed by atoms with E-state index < -0.39 is 12.0 Å². The molecule has 2 heterocycles. The quantitative estimate of drug-likeness (QED) is 0.795. The fraction of sp³-hybridized carbons (Fsp3) is 0.368. The van der Waals surface area contributed by atoms with Crippen molar-refractivity contribution in [1.82, 2.24) is 9.88 Å². The summed E-state index contributed by atoms with van der Waals surface area (Å²) >= 11 is 3.53. The lowest BCUT2D eigenvalue weighted by molar-refractivity contribution is -0.143. The van der Waals surface area contributed by atoms with Gasteiger partial charge >= 0.3 is 5.97 Å². The molecule has 1 saturated heterocycles. The summed E-state index contributed by atoms with van der Waals surface area (Å²) in [6, 6.07) is 11.1. The van der Waals surface area contributed by atoms with E-state index in [1.165, 1.54) is 0 Å². The molecule has 5 nitrogen and oxygen atoms in total. The zero-order valence-corrected chi connectivity index (χ0v) is 15.6. The Hall–Kier alpha value is -1.92. The minimum atomic E-state index is -0.766. The fourth-order valence-electron chi connectivity index (χ4n) is 3.52. The van der Waals surface area contributed by atoms with Crippen molar-refractivity contribution in [3.63, 3.8) is 0 Å². The number of halogens is 1. The summed E-state index contributed by atoms with van der Waals surface area (Å²) < 4.78 is 6.50. The molecular weight excluding hydrogens is 384 g/mol. The van der Waals surface area contributed by atoms with Crippen LogP contribution >= 0.6 is 15.9 Å². The summed E-state index contributed by atoms with van der Waals surface area (Å²) in [5, 5.41) is 9.63. The average molecular weight is 405 g/mol. The molecule has 0 spiro atoms. The molecule has 6 heteroatoms. The fourth-order valence-corrected chi connectivity index (χ4v) is 3.89. The van der Waals surface area contributed by atoms with Gasteiger partial charge in [-0.1, -0.05) is 22.0 Å². The Morgan fingerprint density at radius 1 is 1.44 bits per heavy atom. The molecule has 1 fully saturated rings. The van der Waals surface area contributed by atoms with Gasteiger partial charge in [-0.15, -0.1) is 0 Å². The molecule has 132 valence electrons. The Morgan fingerprint density at radius 2 is 2.28 bits per heavy atom. The topological polar surface area (TPSA) is 62.7 Å². The molecular formula is C19H21BrN2O3. The number of ether oxygens (including phenoxy) is 1. The van der Waals surface area contributed by atoms with Crippen LogP contribution < -0.4 is 4.74 Å². The van der Waals surface area contributed by atoms with E-state index in [2.05, 4.69) is 25.8 Å². The number of hydrogen-bond acceptors (Lipinski definition) is 4. The third-order valence-electron chi connectivity index (χ3n) is 4.66. The van der Waals surface area contributed by atoms with Gasteiger partial charge in [0.2, 0.25) is 0 Å². The molecule has 0 radical (unpaired) electrons. The van der Waals surface area contributed by atoms with Crippen molar-refractivity contribution < 1.29 is 14.6 Å². The number of carbonyl (C=O) groups is 1. The van der Waals surface area contributed by atoms with Gasteiger partial charge in [0.05, 0.1) is 7.11 Å². The van der Waals surface area contributed by atoms with Crippen LogP contribution in [0.25, 0.3) is 0 Å². The molecule has 2 aromatic rings. The lowest BCUT2D eigenvalue weighted by atomic mass is 9.98. The largest absolute Gasteiger partial charge is 0.496 e. The summed E-state index contributed by atoms with van der Waals surface area (Å²) in [4.78, 5) is 18.2. The molecule has 2 atom stereocenters. The first kappa shape index (κ1) is 17.9. The van der Waals surface area contributed by atoms with Gasteiger partial charge in [0.25, 0.3) is 0 Å².